The smallest absolute Gasteiger partial charge is 0.275 e. The normalized spacial score (nSPS) is 19.7. The van der Waals surface area contributed by atoms with E-state index in [2.05, 4.69) is 31.7 Å². The number of likely N-dealkylation sites (tertiary alicyclic amines) is 1. The number of aromatic amines is 1. The molecule has 0 aliphatic carbocycles. The molecule has 1 atom stereocenters. The Hall–Kier alpha value is -3.21. The standard InChI is InChI=1S/C21H24N6O2/c1-2-3-10-21(25-26-21)11-12-22-19(28)15-7-6-13-27(14-15)20(29)18-16-8-4-5-9-17(16)23-24-18/h1,4-5,8-9,15H,3,6-7,10-14H2,(H,22,28)(H,23,24). The van der Waals surface area contributed by atoms with Gasteiger partial charge in [-0.3, -0.25) is 14.7 Å². The van der Waals surface area contributed by atoms with Crippen LogP contribution in [0.25, 0.3) is 10.9 Å². The first kappa shape index (κ1) is 19.1. The number of nitrogens with one attached hydrogen (secondary N) is 2. The van der Waals surface area contributed by atoms with Crippen molar-refractivity contribution >= 4 is 22.7 Å². The van der Waals surface area contributed by atoms with Crippen molar-refractivity contribution in [2.75, 3.05) is 19.6 Å². The molecule has 150 valence electrons. The highest BCUT2D eigenvalue weighted by Crippen LogP contribution is 2.36. The first-order chi connectivity index (χ1) is 14.1. The third-order valence-electron chi connectivity index (χ3n) is 5.63. The van der Waals surface area contributed by atoms with Gasteiger partial charge in [0.15, 0.2) is 11.4 Å². The molecule has 2 N–H and O–H groups in total. The number of rotatable bonds is 7. The van der Waals surface area contributed by atoms with E-state index in [4.69, 9.17) is 6.42 Å². The van der Waals surface area contributed by atoms with E-state index >= 15 is 0 Å². The number of para-hydroxylation sites is 1. The Morgan fingerprint density at radius 1 is 1.31 bits per heavy atom. The van der Waals surface area contributed by atoms with Gasteiger partial charge in [-0.1, -0.05) is 18.2 Å². The second kappa shape index (κ2) is 8.03. The summed E-state index contributed by atoms with van der Waals surface area (Å²) in [7, 11) is 0. The largest absolute Gasteiger partial charge is 0.356 e. The number of H-pyrrole nitrogens is 1. The number of hydrogen-bond acceptors (Lipinski definition) is 5. The molecule has 4 rings (SSSR count). The predicted molar refractivity (Wildman–Crippen MR) is 108 cm³/mol. The second-order valence-electron chi connectivity index (χ2n) is 7.64. The number of amides is 2. The lowest BCUT2D eigenvalue weighted by Gasteiger charge is -2.31. The van der Waals surface area contributed by atoms with Gasteiger partial charge in [0.05, 0.1) is 11.4 Å². The minimum Gasteiger partial charge on any atom is -0.356 e. The van der Waals surface area contributed by atoms with Crippen LogP contribution in [0.15, 0.2) is 34.5 Å². The van der Waals surface area contributed by atoms with Crippen LogP contribution in [-0.2, 0) is 4.79 Å². The molecule has 1 aromatic carbocycles. The van der Waals surface area contributed by atoms with Crippen molar-refractivity contribution in [1.82, 2.24) is 20.4 Å². The van der Waals surface area contributed by atoms with E-state index in [9.17, 15) is 9.59 Å². The van der Waals surface area contributed by atoms with Crippen molar-refractivity contribution in [1.29, 1.82) is 0 Å². The Bertz CT molecular complexity index is 982. The molecule has 2 aliphatic heterocycles. The molecule has 8 heteroatoms. The van der Waals surface area contributed by atoms with Crippen molar-refractivity contribution in [3.63, 3.8) is 0 Å². The summed E-state index contributed by atoms with van der Waals surface area (Å²) >= 11 is 0. The number of carbonyl (C=O) groups excluding carboxylic acids is 2. The highest BCUT2D eigenvalue weighted by Gasteiger charge is 2.39. The quantitative estimate of drug-likeness (QED) is 0.708. The summed E-state index contributed by atoms with van der Waals surface area (Å²) < 4.78 is 0. The minimum absolute atomic E-state index is 0.0258. The number of piperidine rings is 1. The van der Waals surface area contributed by atoms with Crippen LogP contribution in [0.4, 0.5) is 0 Å². The zero-order valence-electron chi connectivity index (χ0n) is 16.2. The minimum atomic E-state index is -0.394. The van der Waals surface area contributed by atoms with Crippen LogP contribution in [0.2, 0.25) is 0 Å². The fraction of sp³-hybridized carbons (Fsp3) is 0.476. The number of carbonyl (C=O) groups is 2. The molecule has 0 saturated carbocycles. The predicted octanol–water partition coefficient (Wildman–Crippen LogP) is 2.50. The van der Waals surface area contributed by atoms with Gasteiger partial charge in [0.2, 0.25) is 5.91 Å². The Balaban J connectivity index is 1.31. The Labute approximate surface area is 169 Å². The average molecular weight is 392 g/mol. The van der Waals surface area contributed by atoms with Crippen molar-refractivity contribution < 1.29 is 9.59 Å². The molecular formula is C21H24N6O2. The topological polar surface area (TPSA) is 103 Å². The van der Waals surface area contributed by atoms with Crippen LogP contribution in [0.5, 0.6) is 0 Å². The van der Waals surface area contributed by atoms with Crippen LogP contribution >= 0.6 is 0 Å². The van der Waals surface area contributed by atoms with Crippen LogP contribution in [0, 0.1) is 18.3 Å². The summed E-state index contributed by atoms with van der Waals surface area (Å²) in [6.07, 6.45) is 8.88. The molecule has 3 heterocycles. The zero-order valence-corrected chi connectivity index (χ0v) is 16.2. The summed E-state index contributed by atoms with van der Waals surface area (Å²) in [5, 5.41) is 19.0. The zero-order chi connectivity index (χ0) is 20.3. The molecule has 0 radical (unpaired) electrons. The fourth-order valence-electron chi connectivity index (χ4n) is 3.85. The van der Waals surface area contributed by atoms with Crippen molar-refractivity contribution in [3.8, 4) is 12.3 Å². The Morgan fingerprint density at radius 2 is 2.14 bits per heavy atom. The van der Waals surface area contributed by atoms with Crippen LogP contribution in [-0.4, -0.2) is 52.2 Å². The number of terminal acetylenes is 1. The maximum Gasteiger partial charge on any atom is 0.275 e. The van der Waals surface area contributed by atoms with Crippen LogP contribution in [0.3, 0.4) is 0 Å². The number of fused-ring (bicyclic) bond motifs is 1. The molecule has 1 fully saturated rings. The van der Waals surface area contributed by atoms with Gasteiger partial charge in [0.25, 0.3) is 5.91 Å². The van der Waals surface area contributed by atoms with E-state index in [1.807, 2.05) is 24.3 Å². The Morgan fingerprint density at radius 3 is 2.93 bits per heavy atom. The van der Waals surface area contributed by atoms with E-state index in [-0.39, 0.29) is 17.7 Å². The fourth-order valence-corrected chi connectivity index (χ4v) is 3.85. The van der Waals surface area contributed by atoms with Crippen molar-refractivity contribution in [3.05, 3.63) is 30.0 Å². The molecule has 0 spiro atoms. The molecule has 2 amide bonds. The molecule has 2 aromatic rings. The lowest BCUT2D eigenvalue weighted by atomic mass is 9.96. The van der Waals surface area contributed by atoms with Gasteiger partial charge in [-0.2, -0.15) is 15.3 Å². The molecule has 8 nitrogen and oxygen atoms in total. The third kappa shape index (κ3) is 4.14. The number of hydrogen-bond donors (Lipinski definition) is 2. The van der Waals surface area contributed by atoms with Crippen molar-refractivity contribution in [2.45, 2.75) is 37.8 Å². The summed E-state index contributed by atoms with van der Waals surface area (Å²) in [5.74, 6) is 2.22. The van der Waals surface area contributed by atoms with Crippen molar-refractivity contribution in [2.24, 2.45) is 16.1 Å². The van der Waals surface area contributed by atoms with Gasteiger partial charge < -0.3 is 10.2 Å². The molecule has 1 unspecified atom stereocenters. The molecule has 2 aliphatic rings. The average Bonchev–Trinajstić information content (AvgIpc) is 3.39. The van der Waals surface area contributed by atoms with Gasteiger partial charge in [-0.15, -0.1) is 12.3 Å². The molecule has 1 aromatic heterocycles. The number of aromatic nitrogens is 2. The summed E-state index contributed by atoms with van der Waals surface area (Å²) in [6, 6.07) is 7.55. The second-order valence-corrected chi connectivity index (χ2v) is 7.64. The van der Waals surface area contributed by atoms with Gasteiger partial charge in [0.1, 0.15) is 0 Å². The first-order valence-electron chi connectivity index (χ1n) is 9.99. The number of nitrogens with zero attached hydrogens (tertiary/aromatic N) is 4. The van der Waals surface area contributed by atoms with Gasteiger partial charge in [-0.25, -0.2) is 0 Å². The molecule has 0 bridgehead atoms. The van der Waals surface area contributed by atoms with E-state index in [0.29, 0.717) is 38.2 Å². The summed E-state index contributed by atoms with van der Waals surface area (Å²) in [4.78, 5) is 27.3. The summed E-state index contributed by atoms with van der Waals surface area (Å²) in [5.41, 5.74) is 0.848. The molecular weight excluding hydrogens is 368 g/mol. The van der Waals surface area contributed by atoms with E-state index in [1.54, 1.807) is 4.90 Å². The number of benzene rings is 1. The van der Waals surface area contributed by atoms with Crippen LogP contribution in [0.1, 0.15) is 42.6 Å². The van der Waals surface area contributed by atoms with Gasteiger partial charge >= 0.3 is 0 Å². The third-order valence-corrected chi connectivity index (χ3v) is 5.63. The lowest BCUT2D eigenvalue weighted by Crippen LogP contribution is -2.46. The van der Waals surface area contributed by atoms with Gasteiger partial charge in [0, 0.05) is 44.3 Å². The maximum absolute atomic E-state index is 13.0. The highest BCUT2D eigenvalue weighted by atomic mass is 16.2. The molecule has 29 heavy (non-hydrogen) atoms. The van der Waals surface area contributed by atoms with E-state index in [1.165, 1.54) is 0 Å². The lowest BCUT2D eigenvalue weighted by molar-refractivity contribution is -0.126. The van der Waals surface area contributed by atoms with E-state index < -0.39 is 5.66 Å². The van der Waals surface area contributed by atoms with E-state index in [0.717, 1.165) is 30.2 Å². The summed E-state index contributed by atoms with van der Waals surface area (Å²) in [6.45, 7) is 1.55. The SMILES string of the molecule is C#CCCC1(CCNC(=O)C2CCCN(C(=O)c3n[nH]c4ccccc34)C2)N=N1. The van der Waals surface area contributed by atoms with Crippen LogP contribution < -0.4 is 5.32 Å². The monoisotopic (exact) mass is 392 g/mol. The van der Waals surface area contributed by atoms with Gasteiger partial charge in [-0.05, 0) is 18.9 Å². The highest BCUT2D eigenvalue weighted by molar-refractivity contribution is 6.04. The first-order valence-corrected chi connectivity index (χ1v) is 9.99. The Kier molecular flexibility index (Phi) is 5.30. The molecule has 1 saturated heterocycles. The maximum atomic E-state index is 13.0.